The fourth-order valence-corrected chi connectivity index (χ4v) is 2.67. The first kappa shape index (κ1) is 12.7. The van der Waals surface area contributed by atoms with E-state index in [9.17, 15) is 0 Å². The van der Waals surface area contributed by atoms with Gasteiger partial charge in [-0.1, -0.05) is 36.4 Å². The molecule has 0 aliphatic rings. The van der Waals surface area contributed by atoms with Crippen LogP contribution in [0.3, 0.4) is 0 Å². The van der Waals surface area contributed by atoms with E-state index in [-0.39, 0.29) is 0 Å². The van der Waals surface area contributed by atoms with Crippen LogP contribution in [0.1, 0.15) is 0 Å². The molecule has 4 rings (SSSR count). The molecule has 0 bridgehead atoms. The van der Waals surface area contributed by atoms with E-state index in [0.717, 1.165) is 11.4 Å². The van der Waals surface area contributed by atoms with Gasteiger partial charge < -0.3 is 10.3 Å². The van der Waals surface area contributed by atoms with Gasteiger partial charge in [-0.25, -0.2) is 0 Å². The van der Waals surface area contributed by atoms with Gasteiger partial charge in [0.2, 0.25) is 0 Å². The Morgan fingerprint density at radius 1 is 0.636 bits per heavy atom. The molecule has 0 unspecified atom stereocenters. The lowest BCUT2D eigenvalue weighted by Gasteiger charge is -2.08. The summed E-state index contributed by atoms with van der Waals surface area (Å²) in [5.74, 6) is 0. The monoisotopic (exact) mass is 284 g/mol. The quantitative estimate of drug-likeness (QED) is 0.505. The molecular weight excluding hydrogens is 268 g/mol. The van der Waals surface area contributed by atoms with Crippen LogP contribution in [0.2, 0.25) is 0 Å². The predicted octanol–water partition coefficient (Wildman–Crippen LogP) is 5.58. The van der Waals surface area contributed by atoms with Crippen molar-refractivity contribution >= 4 is 22.3 Å². The van der Waals surface area contributed by atoms with Crippen molar-refractivity contribution in [1.82, 2.24) is 4.98 Å². The van der Waals surface area contributed by atoms with Crippen molar-refractivity contribution in [2.24, 2.45) is 0 Å². The Labute approximate surface area is 129 Å². The third kappa shape index (κ3) is 2.47. The molecule has 0 aliphatic carbocycles. The van der Waals surface area contributed by atoms with Crippen molar-refractivity contribution in [3.8, 4) is 11.1 Å². The molecule has 2 heteroatoms. The van der Waals surface area contributed by atoms with Gasteiger partial charge in [0.15, 0.2) is 0 Å². The average Bonchev–Trinajstić information content (AvgIpc) is 3.04. The highest BCUT2D eigenvalue weighted by molar-refractivity contribution is 5.85. The lowest BCUT2D eigenvalue weighted by atomic mass is 10.0. The zero-order chi connectivity index (χ0) is 14.8. The Morgan fingerprint density at radius 3 is 2.18 bits per heavy atom. The number of fused-ring (bicyclic) bond motifs is 1. The zero-order valence-electron chi connectivity index (χ0n) is 12.1. The summed E-state index contributed by atoms with van der Waals surface area (Å²) in [5.41, 5.74) is 5.83. The molecule has 3 aromatic carbocycles. The standard InChI is InChI=1S/C20H16N2/c1-2-4-18(5-3-1)22-19-9-6-15(7-10-19)16-8-11-20-17(14-16)12-13-21-20/h1-14,21-22H. The second kappa shape index (κ2) is 5.41. The molecule has 0 radical (unpaired) electrons. The summed E-state index contributed by atoms with van der Waals surface area (Å²) in [7, 11) is 0. The van der Waals surface area contributed by atoms with Gasteiger partial charge in [0.1, 0.15) is 0 Å². The SMILES string of the molecule is c1ccc(Nc2ccc(-c3ccc4[nH]ccc4c3)cc2)cc1. The van der Waals surface area contributed by atoms with Crippen LogP contribution in [0.5, 0.6) is 0 Å². The maximum Gasteiger partial charge on any atom is 0.0454 e. The van der Waals surface area contributed by atoms with Crippen LogP contribution in [-0.4, -0.2) is 4.98 Å². The molecule has 0 saturated heterocycles. The molecule has 1 heterocycles. The van der Waals surface area contributed by atoms with Gasteiger partial charge in [0.05, 0.1) is 0 Å². The molecule has 2 nitrogen and oxygen atoms in total. The summed E-state index contributed by atoms with van der Waals surface area (Å²) in [6.07, 6.45) is 1.97. The van der Waals surface area contributed by atoms with E-state index >= 15 is 0 Å². The average molecular weight is 284 g/mol. The number of aromatic amines is 1. The first-order valence-electron chi connectivity index (χ1n) is 7.38. The summed E-state index contributed by atoms with van der Waals surface area (Å²) in [4.78, 5) is 3.22. The summed E-state index contributed by atoms with van der Waals surface area (Å²) in [5, 5.41) is 4.64. The maximum absolute atomic E-state index is 3.40. The van der Waals surface area contributed by atoms with E-state index in [1.54, 1.807) is 0 Å². The van der Waals surface area contributed by atoms with E-state index in [4.69, 9.17) is 0 Å². The lowest BCUT2D eigenvalue weighted by molar-refractivity contribution is 1.48. The second-order valence-corrected chi connectivity index (χ2v) is 5.35. The highest BCUT2D eigenvalue weighted by Crippen LogP contribution is 2.26. The van der Waals surface area contributed by atoms with E-state index in [2.05, 4.69) is 71.0 Å². The van der Waals surface area contributed by atoms with E-state index in [1.165, 1.54) is 22.0 Å². The number of H-pyrrole nitrogens is 1. The van der Waals surface area contributed by atoms with Crippen LogP contribution in [0.4, 0.5) is 11.4 Å². The van der Waals surface area contributed by atoms with Crippen LogP contribution >= 0.6 is 0 Å². The Balaban J connectivity index is 1.61. The summed E-state index contributed by atoms with van der Waals surface area (Å²) in [6, 6.07) is 27.3. The van der Waals surface area contributed by atoms with E-state index < -0.39 is 0 Å². The third-order valence-corrected chi connectivity index (χ3v) is 3.83. The van der Waals surface area contributed by atoms with Gasteiger partial charge in [-0.15, -0.1) is 0 Å². The van der Waals surface area contributed by atoms with Crippen LogP contribution in [0.15, 0.2) is 85.1 Å². The number of rotatable bonds is 3. The smallest absolute Gasteiger partial charge is 0.0454 e. The van der Waals surface area contributed by atoms with Crippen molar-refractivity contribution in [2.45, 2.75) is 0 Å². The van der Waals surface area contributed by atoms with Crippen molar-refractivity contribution < 1.29 is 0 Å². The number of para-hydroxylation sites is 1. The van der Waals surface area contributed by atoms with Crippen LogP contribution < -0.4 is 5.32 Å². The van der Waals surface area contributed by atoms with Gasteiger partial charge in [0.25, 0.3) is 0 Å². The molecule has 0 fully saturated rings. The van der Waals surface area contributed by atoms with Crippen LogP contribution in [-0.2, 0) is 0 Å². The van der Waals surface area contributed by atoms with Gasteiger partial charge in [-0.2, -0.15) is 0 Å². The lowest BCUT2D eigenvalue weighted by Crippen LogP contribution is -1.89. The summed E-state index contributed by atoms with van der Waals surface area (Å²) >= 11 is 0. The first-order chi connectivity index (χ1) is 10.9. The number of benzene rings is 3. The molecule has 0 amide bonds. The van der Waals surface area contributed by atoms with Crippen LogP contribution in [0.25, 0.3) is 22.0 Å². The van der Waals surface area contributed by atoms with Crippen molar-refractivity contribution in [3.05, 3.63) is 85.1 Å². The Hall–Kier alpha value is -3.00. The molecule has 1 aromatic heterocycles. The largest absolute Gasteiger partial charge is 0.361 e. The minimum atomic E-state index is 1.10. The fourth-order valence-electron chi connectivity index (χ4n) is 2.67. The van der Waals surface area contributed by atoms with Crippen molar-refractivity contribution in [3.63, 3.8) is 0 Å². The van der Waals surface area contributed by atoms with E-state index in [1.807, 2.05) is 24.4 Å². The Kier molecular flexibility index (Phi) is 3.13. The molecule has 4 aromatic rings. The van der Waals surface area contributed by atoms with E-state index in [0.29, 0.717) is 0 Å². The fraction of sp³-hybridized carbons (Fsp3) is 0. The highest BCUT2D eigenvalue weighted by Gasteiger charge is 2.01. The van der Waals surface area contributed by atoms with Crippen molar-refractivity contribution in [1.29, 1.82) is 0 Å². The molecule has 106 valence electrons. The molecule has 22 heavy (non-hydrogen) atoms. The zero-order valence-corrected chi connectivity index (χ0v) is 12.1. The molecular formula is C20H16N2. The molecule has 0 aliphatic heterocycles. The maximum atomic E-state index is 3.40. The summed E-state index contributed by atoms with van der Waals surface area (Å²) < 4.78 is 0. The highest BCUT2D eigenvalue weighted by atomic mass is 14.9. The molecule has 0 atom stereocenters. The summed E-state index contributed by atoms with van der Waals surface area (Å²) in [6.45, 7) is 0. The topological polar surface area (TPSA) is 27.8 Å². The van der Waals surface area contributed by atoms with Gasteiger partial charge in [0, 0.05) is 23.1 Å². The number of hydrogen-bond donors (Lipinski definition) is 2. The first-order valence-corrected chi connectivity index (χ1v) is 7.38. The Bertz CT molecular complexity index is 890. The number of hydrogen-bond acceptors (Lipinski definition) is 1. The molecule has 2 N–H and O–H groups in total. The van der Waals surface area contributed by atoms with Crippen LogP contribution in [0, 0.1) is 0 Å². The van der Waals surface area contributed by atoms with Gasteiger partial charge in [-0.05, 0) is 59.0 Å². The third-order valence-electron chi connectivity index (χ3n) is 3.83. The van der Waals surface area contributed by atoms with Gasteiger partial charge >= 0.3 is 0 Å². The predicted molar refractivity (Wildman–Crippen MR) is 93.5 cm³/mol. The van der Waals surface area contributed by atoms with Gasteiger partial charge in [-0.3, -0.25) is 0 Å². The molecule has 0 saturated carbocycles. The number of anilines is 2. The minimum Gasteiger partial charge on any atom is -0.361 e. The molecule has 0 spiro atoms. The second-order valence-electron chi connectivity index (χ2n) is 5.35. The Morgan fingerprint density at radius 2 is 1.36 bits per heavy atom. The van der Waals surface area contributed by atoms with Crippen molar-refractivity contribution in [2.75, 3.05) is 5.32 Å². The number of aromatic nitrogens is 1. The number of nitrogens with one attached hydrogen (secondary N) is 2. The minimum absolute atomic E-state index is 1.10. The normalized spacial score (nSPS) is 10.7.